The van der Waals surface area contributed by atoms with Crippen LogP contribution in [0.2, 0.25) is 13.1 Å². The Kier molecular flexibility index (Phi) is 7.28. The van der Waals surface area contributed by atoms with Gasteiger partial charge in [0.15, 0.2) is 0 Å². The van der Waals surface area contributed by atoms with Crippen LogP contribution in [0, 0.1) is 3.57 Å². The van der Waals surface area contributed by atoms with Crippen molar-refractivity contribution in [3.63, 3.8) is 0 Å². The highest BCUT2D eigenvalue weighted by atomic mass is 127. The zero-order valence-electron chi connectivity index (χ0n) is 16.6. The fourth-order valence-electron chi connectivity index (χ4n) is 3.17. The molecule has 0 spiro atoms. The summed E-state index contributed by atoms with van der Waals surface area (Å²) >= 11 is 1.93. The second kappa shape index (κ2) is 8.72. The molecule has 0 saturated carbocycles. The lowest BCUT2D eigenvalue weighted by molar-refractivity contribution is -0.120. The van der Waals surface area contributed by atoms with E-state index in [0.717, 1.165) is 0 Å². The normalized spacial score (nSPS) is 25.9. The van der Waals surface area contributed by atoms with Gasteiger partial charge in [-0.05, 0) is 43.4 Å². The van der Waals surface area contributed by atoms with E-state index in [1.54, 1.807) is 16.8 Å². The van der Waals surface area contributed by atoms with Crippen LogP contribution < -0.4 is 11.2 Å². The summed E-state index contributed by atoms with van der Waals surface area (Å²) in [7, 11) is -1.57. The minimum atomic E-state index is -1.57. The van der Waals surface area contributed by atoms with Crippen LogP contribution >= 0.6 is 22.6 Å². The third-order valence-corrected chi connectivity index (χ3v) is 7.80. The third-order valence-electron chi connectivity index (χ3n) is 4.58. The van der Waals surface area contributed by atoms with Crippen molar-refractivity contribution >= 4 is 31.4 Å². The summed E-state index contributed by atoms with van der Waals surface area (Å²) in [4.78, 5) is 26.8. The standard InChI is InChI=1S/C18H29IN2O5Si/c1-7-8-24-13-9-18(27(5)6,26-14(13)11-25-17(2,3)4)21-10-12(19)15(22)20-16(21)23/h7,10,13-14,27H,1,8-9,11H2,2-6H3,(H,20,22,23)/t13-,14+,18-/m0/s1. The molecule has 3 atom stereocenters. The summed E-state index contributed by atoms with van der Waals surface area (Å²) in [6, 6.07) is 0. The fourth-order valence-corrected chi connectivity index (χ4v) is 5.48. The van der Waals surface area contributed by atoms with Crippen molar-refractivity contribution in [1.29, 1.82) is 0 Å². The van der Waals surface area contributed by atoms with Crippen LogP contribution in [0.4, 0.5) is 0 Å². The Morgan fingerprint density at radius 3 is 2.70 bits per heavy atom. The van der Waals surface area contributed by atoms with Crippen molar-refractivity contribution < 1.29 is 14.2 Å². The quantitative estimate of drug-likeness (QED) is 0.346. The number of aromatic nitrogens is 2. The van der Waals surface area contributed by atoms with Gasteiger partial charge in [-0.2, -0.15) is 0 Å². The predicted octanol–water partition coefficient (Wildman–Crippen LogP) is 2.00. The minimum Gasteiger partial charge on any atom is -0.373 e. The first-order chi connectivity index (χ1) is 12.5. The van der Waals surface area contributed by atoms with E-state index >= 15 is 0 Å². The predicted molar refractivity (Wildman–Crippen MR) is 116 cm³/mol. The molecular weight excluding hydrogens is 479 g/mol. The highest BCUT2D eigenvalue weighted by molar-refractivity contribution is 14.1. The summed E-state index contributed by atoms with van der Waals surface area (Å²) in [6.45, 7) is 14.7. The van der Waals surface area contributed by atoms with E-state index in [2.05, 4.69) is 24.7 Å². The minimum absolute atomic E-state index is 0.225. The SMILES string of the molecule is C=CCO[C@H]1C[C@@](n2cc(I)c(=O)[nH]c2=O)([SiH](C)C)O[C@@H]1COC(C)(C)C. The van der Waals surface area contributed by atoms with Gasteiger partial charge in [0.2, 0.25) is 0 Å². The number of hydrogen-bond donors (Lipinski definition) is 1. The Labute approximate surface area is 174 Å². The van der Waals surface area contributed by atoms with Gasteiger partial charge in [-0.15, -0.1) is 6.58 Å². The lowest BCUT2D eigenvalue weighted by atomic mass is 10.1. The molecule has 0 radical (unpaired) electrons. The number of rotatable bonds is 7. The van der Waals surface area contributed by atoms with Crippen molar-refractivity contribution in [1.82, 2.24) is 9.55 Å². The molecule has 152 valence electrons. The van der Waals surface area contributed by atoms with Crippen molar-refractivity contribution in [2.45, 2.75) is 63.4 Å². The van der Waals surface area contributed by atoms with Crippen LogP contribution in [-0.2, 0) is 19.6 Å². The first kappa shape index (κ1) is 22.5. The third kappa shape index (κ3) is 5.20. The van der Waals surface area contributed by atoms with E-state index in [9.17, 15) is 9.59 Å². The highest BCUT2D eigenvalue weighted by Gasteiger charge is 2.51. The van der Waals surface area contributed by atoms with E-state index in [1.807, 2.05) is 43.4 Å². The lowest BCUT2D eigenvalue weighted by Crippen LogP contribution is -2.52. The average molecular weight is 508 g/mol. The summed E-state index contributed by atoms with van der Waals surface area (Å²) in [5.74, 6) is 0. The molecule has 0 aliphatic carbocycles. The van der Waals surface area contributed by atoms with Crippen LogP contribution in [0.15, 0.2) is 28.4 Å². The molecular formula is C18H29IN2O5Si. The van der Waals surface area contributed by atoms with Gasteiger partial charge in [-0.1, -0.05) is 19.2 Å². The Bertz CT molecular complexity index is 785. The Balaban J connectivity index is 2.44. The van der Waals surface area contributed by atoms with Gasteiger partial charge in [0.25, 0.3) is 5.56 Å². The molecule has 1 N–H and O–H groups in total. The smallest absolute Gasteiger partial charge is 0.330 e. The number of ether oxygens (including phenoxy) is 3. The second-order valence-electron chi connectivity index (χ2n) is 8.05. The molecule has 1 saturated heterocycles. The first-order valence-corrected chi connectivity index (χ1v) is 13.0. The Hall–Kier alpha value is -0.753. The zero-order valence-corrected chi connectivity index (χ0v) is 19.9. The molecule has 1 aliphatic heterocycles. The summed E-state index contributed by atoms with van der Waals surface area (Å²) in [6.07, 6.45) is 3.29. The van der Waals surface area contributed by atoms with Crippen LogP contribution in [0.3, 0.4) is 0 Å². The first-order valence-electron chi connectivity index (χ1n) is 9.06. The molecule has 7 nitrogen and oxygen atoms in total. The molecule has 1 aromatic rings. The summed E-state index contributed by atoms with van der Waals surface area (Å²) in [5, 5.41) is -0.793. The molecule has 0 amide bonds. The number of H-pyrrole nitrogens is 1. The highest BCUT2D eigenvalue weighted by Crippen LogP contribution is 2.38. The van der Waals surface area contributed by atoms with E-state index in [-0.39, 0.29) is 23.4 Å². The number of nitrogens with zero attached hydrogens (tertiary/aromatic N) is 1. The molecule has 1 aliphatic rings. The van der Waals surface area contributed by atoms with Gasteiger partial charge in [-0.3, -0.25) is 14.3 Å². The van der Waals surface area contributed by atoms with E-state index in [0.29, 0.717) is 23.2 Å². The van der Waals surface area contributed by atoms with Gasteiger partial charge >= 0.3 is 5.69 Å². The van der Waals surface area contributed by atoms with Gasteiger partial charge in [0.1, 0.15) is 11.5 Å². The fraction of sp³-hybridized carbons (Fsp3) is 0.667. The number of aromatic amines is 1. The van der Waals surface area contributed by atoms with Crippen LogP contribution in [0.1, 0.15) is 27.2 Å². The van der Waals surface area contributed by atoms with Crippen LogP contribution in [0.5, 0.6) is 0 Å². The maximum absolute atomic E-state index is 12.6. The van der Waals surface area contributed by atoms with Crippen molar-refractivity contribution in [3.8, 4) is 0 Å². The monoisotopic (exact) mass is 508 g/mol. The molecule has 0 bridgehead atoms. The summed E-state index contributed by atoms with van der Waals surface area (Å²) < 4.78 is 20.4. The molecule has 0 unspecified atom stereocenters. The van der Waals surface area contributed by atoms with Gasteiger partial charge in [0, 0.05) is 12.6 Å². The maximum Gasteiger partial charge on any atom is 0.330 e. The lowest BCUT2D eigenvalue weighted by Gasteiger charge is -2.34. The molecule has 1 fully saturated rings. The van der Waals surface area contributed by atoms with E-state index in [4.69, 9.17) is 14.2 Å². The van der Waals surface area contributed by atoms with Crippen molar-refractivity contribution in [2.24, 2.45) is 0 Å². The molecule has 2 rings (SSSR count). The molecule has 1 aromatic heterocycles. The molecule has 2 heterocycles. The molecule has 27 heavy (non-hydrogen) atoms. The van der Waals surface area contributed by atoms with Crippen LogP contribution in [-0.4, -0.2) is 49.4 Å². The van der Waals surface area contributed by atoms with Crippen molar-refractivity contribution in [2.75, 3.05) is 13.2 Å². The van der Waals surface area contributed by atoms with Crippen LogP contribution in [0.25, 0.3) is 0 Å². The Morgan fingerprint density at radius 2 is 2.15 bits per heavy atom. The number of halogens is 1. The molecule has 9 heteroatoms. The molecule has 0 aromatic carbocycles. The van der Waals surface area contributed by atoms with E-state index in [1.165, 1.54) is 0 Å². The van der Waals surface area contributed by atoms with Gasteiger partial charge < -0.3 is 14.2 Å². The zero-order chi connectivity index (χ0) is 20.4. The number of hydrogen-bond acceptors (Lipinski definition) is 5. The van der Waals surface area contributed by atoms with Gasteiger partial charge in [-0.25, -0.2) is 4.79 Å². The maximum atomic E-state index is 12.6. The Morgan fingerprint density at radius 1 is 1.48 bits per heavy atom. The summed E-state index contributed by atoms with van der Waals surface area (Å²) in [5.41, 5.74) is -1.15. The largest absolute Gasteiger partial charge is 0.373 e. The number of nitrogens with one attached hydrogen (secondary N) is 1. The topological polar surface area (TPSA) is 82.6 Å². The average Bonchev–Trinajstić information content (AvgIpc) is 2.93. The van der Waals surface area contributed by atoms with E-state index < -0.39 is 19.8 Å². The second-order valence-corrected chi connectivity index (χ2v) is 12.4. The van der Waals surface area contributed by atoms with Gasteiger partial charge in [0.05, 0.1) is 37.3 Å². The van der Waals surface area contributed by atoms with Crippen molar-refractivity contribution in [3.05, 3.63) is 43.3 Å².